The van der Waals surface area contributed by atoms with Crippen LogP contribution in [0.3, 0.4) is 0 Å². The van der Waals surface area contributed by atoms with Crippen LogP contribution in [-0.4, -0.2) is 21.3 Å². The number of carbonyl (C=O) groups excluding carboxylic acids is 2. The third kappa shape index (κ3) is 6.01. The Kier molecular flexibility index (Phi) is 8.15. The molecule has 1 aliphatic rings. The van der Waals surface area contributed by atoms with Crippen LogP contribution < -0.4 is 10.6 Å². The number of nitrogens with one attached hydrogen (secondary N) is 2. The lowest BCUT2D eigenvalue weighted by molar-refractivity contribution is 0.100. The first-order valence-electron chi connectivity index (χ1n) is 13.1. The molecule has 3 aromatic rings. The summed E-state index contributed by atoms with van der Waals surface area (Å²) in [5.74, 6) is 0.127. The van der Waals surface area contributed by atoms with E-state index in [1.54, 1.807) is 20.0 Å². The van der Waals surface area contributed by atoms with Crippen LogP contribution in [0.25, 0.3) is 5.70 Å². The van der Waals surface area contributed by atoms with E-state index < -0.39 is 0 Å². The number of fused-ring (bicyclic) bond motifs is 1. The molecule has 1 heterocycles. The molecular formula is C33H36N4O2. The van der Waals surface area contributed by atoms with E-state index in [9.17, 15) is 9.59 Å². The Morgan fingerprint density at radius 1 is 1.05 bits per heavy atom. The molecule has 0 fully saturated rings. The second-order valence-corrected chi connectivity index (χ2v) is 10.1. The van der Waals surface area contributed by atoms with E-state index in [-0.39, 0.29) is 17.6 Å². The van der Waals surface area contributed by atoms with Gasteiger partial charge in [0.25, 0.3) is 0 Å². The van der Waals surface area contributed by atoms with Crippen LogP contribution >= 0.6 is 0 Å². The van der Waals surface area contributed by atoms with Crippen LogP contribution in [0.1, 0.15) is 75.0 Å². The number of hydrogen-bond acceptors (Lipinski definition) is 5. The van der Waals surface area contributed by atoms with E-state index in [4.69, 9.17) is 0 Å². The van der Waals surface area contributed by atoms with Crippen LogP contribution in [0, 0.1) is 13.8 Å². The Balaban J connectivity index is 1.53. The fourth-order valence-corrected chi connectivity index (χ4v) is 5.07. The van der Waals surface area contributed by atoms with Crippen molar-refractivity contribution in [2.75, 3.05) is 0 Å². The number of ketones is 2. The number of hydrogen-bond donors (Lipinski definition) is 2. The van der Waals surface area contributed by atoms with E-state index in [1.807, 2.05) is 61.0 Å². The van der Waals surface area contributed by atoms with Gasteiger partial charge < -0.3 is 10.6 Å². The number of aromatic nitrogens is 2. The first kappa shape index (κ1) is 27.6. The normalized spacial score (nSPS) is 14.5. The molecule has 39 heavy (non-hydrogen) atoms. The fourth-order valence-electron chi connectivity index (χ4n) is 5.07. The maximum absolute atomic E-state index is 12.0. The summed E-state index contributed by atoms with van der Waals surface area (Å²) in [5, 5.41) is 11.5. The maximum Gasteiger partial charge on any atom is 0.160 e. The number of benzene rings is 2. The molecule has 0 spiro atoms. The average Bonchev–Trinajstić information content (AvgIpc) is 3.52. The van der Waals surface area contributed by atoms with E-state index in [0.717, 1.165) is 46.6 Å². The monoisotopic (exact) mass is 520 g/mol. The van der Waals surface area contributed by atoms with E-state index >= 15 is 0 Å². The molecule has 0 saturated heterocycles. The van der Waals surface area contributed by atoms with Crippen LogP contribution in [-0.2, 0) is 13.0 Å². The van der Waals surface area contributed by atoms with Gasteiger partial charge in [0.05, 0.1) is 17.4 Å². The SMILES string of the molecule is C=C(/C=C(/C(=C)NC1CCc2c1ccc(C(C)=O)c2C)n1nccc1C)C(=C)NCc1cccc(C(C)=O)c1. The van der Waals surface area contributed by atoms with Gasteiger partial charge in [-0.3, -0.25) is 9.59 Å². The zero-order valence-electron chi connectivity index (χ0n) is 23.2. The van der Waals surface area contributed by atoms with Crippen LogP contribution in [0.15, 0.2) is 91.4 Å². The third-order valence-corrected chi connectivity index (χ3v) is 7.33. The molecule has 1 aromatic heterocycles. The molecule has 0 radical (unpaired) electrons. The van der Waals surface area contributed by atoms with Crippen molar-refractivity contribution in [3.63, 3.8) is 0 Å². The van der Waals surface area contributed by atoms with Crippen molar-refractivity contribution in [2.45, 2.75) is 53.1 Å². The van der Waals surface area contributed by atoms with Gasteiger partial charge >= 0.3 is 0 Å². The number of carbonyl (C=O) groups is 2. The highest BCUT2D eigenvalue weighted by Gasteiger charge is 2.26. The molecule has 2 N–H and O–H groups in total. The van der Waals surface area contributed by atoms with Crippen LogP contribution in [0.4, 0.5) is 0 Å². The molecule has 1 aliphatic carbocycles. The smallest absolute Gasteiger partial charge is 0.160 e. The largest absolute Gasteiger partial charge is 0.381 e. The van der Waals surface area contributed by atoms with Crippen LogP contribution in [0.2, 0.25) is 0 Å². The molecule has 0 saturated carbocycles. The zero-order chi connectivity index (χ0) is 28.3. The fraction of sp³-hybridized carbons (Fsp3) is 0.242. The quantitative estimate of drug-likeness (QED) is 0.226. The predicted octanol–water partition coefficient (Wildman–Crippen LogP) is 6.40. The van der Waals surface area contributed by atoms with Crippen molar-refractivity contribution >= 4 is 17.3 Å². The first-order chi connectivity index (χ1) is 18.6. The van der Waals surface area contributed by atoms with Gasteiger partial charge in [0.15, 0.2) is 11.6 Å². The number of aryl methyl sites for hydroxylation is 1. The molecule has 0 bridgehead atoms. The second-order valence-electron chi connectivity index (χ2n) is 10.1. The van der Waals surface area contributed by atoms with Crippen molar-refractivity contribution in [3.8, 4) is 0 Å². The molecule has 1 unspecified atom stereocenters. The minimum atomic E-state index is 0.0348. The van der Waals surface area contributed by atoms with Gasteiger partial charge in [-0.25, -0.2) is 4.68 Å². The Morgan fingerprint density at radius 3 is 2.49 bits per heavy atom. The third-order valence-electron chi connectivity index (χ3n) is 7.33. The van der Waals surface area contributed by atoms with Crippen molar-refractivity contribution in [1.29, 1.82) is 0 Å². The Bertz CT molecular complexity index is 1520. The van der Waals surface area contributed by atoms with Gasteiger partial charge in [-0.1, -0.05) is 50.1 Å². The molecule has 6 nitrogen and oxygen atoms in total. The Hall–Kier alpha value is -4.45. The summed E-state index contributed by atoms with van der Waals surface area (Å²) in [5.41, 5.74) is 9.77. The minimum absolute atomic E-state index is 0.0348. The van der Waals surface area contributed by atoms with Gasteiger partial charge in [-0.05, 0) is 86.6 Å². The number of Topliss-reactive ketones (excluding diaryl/α,β-unsaturated/α-hetero) is 2. The lowest BCUT2D eigenvalue weighted by atomic mass is 9.96. The number of allylic oxidation sites excluding steroid dienone is 2. The summed E-state index contributed by atoms with van der Waals surface area (Å²) in [4.78, 5) is 23.7. The van der Waals surface area contributed by atoms with E-state index in [2.05, 4.69) is 41.5 Å². The van der Waals surface area contributed by atoms with Crippen LogP contribution in [0.5, 0.6) is 0 Å². The summed E-state index contributed by atoms with van der Waals surface area (Å²) in [7, 11) is 0. The molecule has 0 amide bonds. The van der Waals surface area contributed by atoms with Crippen molar-refractivity contribution in [1.82, 2.24) is 20.4 Å². The van der Waals surface area contributed by atoms with Gasteiger partial charge in [0.2, 0.25) is 0 Å². The van der Waals surface area contributed by atoms with E-state index in [0.29, 0.717) is 23.4 Å². The Morgan fingerprint density at radius 2 is 1.82 bits per heavy atom. The summed E-state index contributed by atoms with van der Waals surface area (Å²) in [6.45, 7) is 20.5. The average molecular weight is 521 g/mol. The van der Waals surface area contributed by atoms with Crippen molar-refractivity contribution in [3.05, 3.63) is 131 Å². The topological polar surface area (TPSA) is 76.0 Å². The summed E-state index contributed by atoms with van der Waals surface area (Å²) in [6, 6.07) is 13.5. The molecule has 0 aliphatic heterocycles. The molecule has 200 valence electrons. The molecular weight excluding hydrogens is 484 g/mol. The van der Waals surface area contributed by atoms with Gasteiger partial charge in [0.1, 0.15) is 0 Å². The maximum atomic E-state index is 12.0. The highest BCUT2D eigenvalue weighted by atomic mass is 16.1. The van der Waals surface area contributed by atoms with Crippen molar-refractivity contribution < 1.29 is 9.59 Å². The first-order valence-corrected chi connectivity index (χ1v) is 13.1. The van der Waals surface area contributed by atoms with Crippen molar-refractivity contribution in [2.24, 2.45) is 0 Å². The standard InChI is InChI=1S/C33H36N4O2/c1-20(23(4)34-19-27-9-8-10-28(18-27)25(6)38)17-33(37-21(2)15-16-35-37)24(5)36-32-14-13-30-22(3)29(26(7)39)11-12-31(30)32/h8-12,15-18,32,34,36H,1,4-5,13-14,19H2,2-3,6-7H3/b33-17-. The summed E-state index contributed by atoms with van der Waals surface area (Å²) < 4.78 is 1.84. The van der Waals surface area contributed by atoms with Gasteiger partial charge in [-0.15, -0.1) is 0 Å². The lowest BCUT2D eigenvalue weighted by Crippen LogP contribution is -2.22. The lowest BCUT2D eigenvalue weighted by Gasteiger charge is -2.22. The molecule has 6 heteroatoms. The minimum Gasteiger partial charge on any atom is -0.381 e. The van der Waals surface area contributed by atoms with Gasteiger partial charge in [0, 0.05) is 35.3 Å². The molecule has 2 aromatic carbocycles. The summed E-state index contributed by atoms with van der Waals surface area (Å²) in [6.07, 6.45) is 5.50. The second kappa shape index (κ2) is 11.5. The summed E-state index contributed by atoms with van der Waals surface area (Å²) >= 11 is 0. The molecule has 4 rings (SSSR count). The zero-order valence-corrected chi connectivity index (χ0v) is 23.2. The van der Waals surface area contributed by atoms with Gasteiger partial charge in [-0.2, -0.15) is 5.10 Å². The predicted molar refractivity (Wildman–Crippen MR) is 157 cm³/mol. The highest BCUT2D eigenvalue weighted by molar-refractivity contribution is 5.96. The molecule has 1 atom stereocenters. The van der Waals surface area contributed by atoms with E-state index in [1.165, 1.54) is 11.1 Å². The number of nitrogens with zero attached hydrogens (tertiary/aromatic N) is 2. The highest BCUT2D eigenvalue weighted by Crippen LogP contribution is 2.36. The Labute approximate surface area is 230 Å². The number of rotatable bonds is 11.